The van der Waals surface area contributed by atoms with Gasteiger partial charge in [-0.05, 0) is 61.3 Å². The second-order valence-corrected chi connectivity index (χ2v) is 12.9. The Morgan fingerprint density at radius 1 is 1.15 bits per heavy atom. The zero-order chi connectivity index (χ0) is 29.6. The Morgan fingerprint density at radius 2 is 1.88 bits per heavy atom. The molecule has 1 heterocycles. The molecule has 1 saturated heterocycles. The van der Waals surface area contributed by atoms with E-state index in [2.05, 4.69) is 32.1 Å². The van der Waals surface area contributed by atoms with E-state index >= 15 is 0 Å². The van der Waals surface area contributed by atoms with Crippen LogP contribution in [0.1, 0.15) is 92.9 Å². The lowest BCUT2D eigenvalue weighted by Crippen LogP contribution is -2.42. The summed E-state index contributed by atoms with van der Waals surface area (Å²) in [4.78, 5) is 37.7. The van der Waals surface area contributed by atoms with Crippen LogP contribution in [0.15, 0.2) is 23.8 Å². The van der Waals surface area contributed by atoms with Crippen LogP contribution in [0.2, 0.25) is 0 Å². The molecule has 1 aliphatic heterocycles. The van der Waals surface area contributed by atoms with Gasteiger partial charge in [0.2, 0.25) is 0 Å². The summed E-state index contributed by atoms with van der Waals surface area (Å²) in [6, 6.07) is -0.502. The van der Waals surface area contributed by atoms with E-state index in [4.69, 9.17) is 19.9 Å². The molecular formula is C32H51NO7. The maximum atomic E-state index is 12.7. The summed E-state index contributed by atoms with van der Waals surface area (Å²) in [6.07, 6.45) is 8.45. The van der Waals surface area contributed by atoms with Crippen molar-refractivity contribution in [3.8, 4) is 0 Å². The first kappa shape index (κ1) is 32.3. The molecule has 8 heteroatoms. The number of fused-ring (bicyclic) bond motifs is 1. The fraction of sp³-hybridized carbons (Fsp3) is 0.781. The maximum Gasteiger partial charge on any atom is 0.309 e. The largest absolute Gasteiger partial charge is 0.462 e. The van der Waals surface area contributed by atoms with Gasteiger partial charge in [-0.3, -0.25) is 14.4 Å². The molecule has 40 heavy (non-hydrogen) atoms. The second-order valence-electron chi connectivity index (χ2n) is 12.9. The summed E-state index contributed by atoms with van der Waals surface area (Å²) in [5.41, 5.74) is 7.24. The lowest BCUT2D eigenvalue weighted by Gasteiger charge is -2.43. The number of carbonyl (C=O) groups is 3. The Morgan fingerprint density at radius 3 is 2.55 bits per heavy atom. The van der Waals surface area contributed by atoms with E-state index in [0.29, 0.717) is 31.1 Å². The van der Waals surface area contributed by atoms with Crippen molar-refractivity contribution in [3.63, 3.8) is 0 Å². The van der Waals surface area contributed by atoms with Gasteiger partial charge >= 0.3 is 17.9 Å². The van der Waals surface area contributed by atoms with Crippen LogP contribution in [-0.2, 0) is 28.6 Å². The van der Waals surface area contributed by atoms with Crippen LogP contribution < -0.4 is 5.73 Å². The van der Waals surface area contributed by atoms with Crippen LogP contribution in [0.4, 0.5) is 0 Å². The molecule has 0 bridgehead atoms. The minimum atomic E-state index is -0.982. The minimum Gasteiger partial charge on any atom is -0.462 e. The Hall–Kier alpha value is -2.19. The second kappa shape index (κ2) is 14.6. The van der Waals surface area contributed by atoms with Gasteiger partial charge in [0.25, 0.3) is 0 Å². The quantitative estimate of drug-likeness (QED) is 0.255. The summed E-state index contributed by atoms with van der Waals surface area (Å²) >= 11 is 0. The van der Waals surface area contributed by atoms with Gasteiger partial charge in [0, 0.05) is 18.4 Å². The van der Waals surface area contributed by atoms with Crippen LogP contribution >= 0.6 is 0 Å². The van der Waals surface area contributed by atoms with Gasteiger partial charge < -0.3 is 25.1 Å². The molecule has 1 fully saturated rings. The average molecular weight is 562 g/mol. The molecule has 0 spiro atoms. The lowest BCUT2D eigenvalue weighted by atomic mass is 9.65. The van der Waals surface area contributed by atoms with Crippen molar-refractivity contribution in [1.82, 2.24) is 0 Å². The van der Waals surface area contributed by atoms with E-state index in [0.717, 1.165) is 19.3 Å². The number of hydrogen-bond donors (Lipinski definition) is 2. The Bertz CT molecular complexity index is 944. The van der Waals surface area contributed by atoms with Gasteiger partial charge in [-0.25, -0.2) is 0 Å². The molecule has 3 rings (SSSR count). The number of allylic oxidation sites excluding steroid dienone is 3. The smallest absolute Gasteiger partial charge is 0.309 e. The number of aliphatic hydroxyl groups excluding tert-OH is 1. The summed E-state index contributed by atoms with van der Waals surface area (Å²) in [7, 11) is 0. The molecule has 0 aromatic rings. The molecule has 0 amide bonds. The maximum absolute atomic E-state index is 12.7. The molecule has 0 aromatic heterocycles. The third-order valence-corrected chi connectivity index (χ3v) is 8.83. The Kier molecular flexibility index (Phi) is 11.8. The fourth-order valence-corrected chi connectivity index (χ4v) is 6.40. The van der Waals surface area contributed by atoms with E-state index in [-0.39, 0.29) is 60.7 Å². The molecule has 0 unspecified atom stereocenters. The molecule has 0 saturated carbocycles. The zero-order valence-electron chi connectivity index (χ0n) is 25.2. The summed E-state index contributed by atoms with van der Waals surface area (Å²) in [6.45, 7) is 12.3. The van der Waals surface area contributed by atoms with Crippen molar-refractivity contribution in [1.29, 1.82) is 0 Å². The monoisotopic (exact) mass is 561 g/mol. The topological polar surface area (TPSA) is 125 Å². The zero-order valence-corrected chi connectivity index (χ0v) is 25.2. The molecule has 3 aliphatic rings. The standard InChI is InChI=1S/C32H51NO7/c1-7-20(5)32(37)40-28-14-19(4)13-22-9-8-21(6)25(31(22)28)11-10-23-15-24(16-29(35)38-23)39-30(36)17-27(34)26(33)12-18(2)3/h8-9,13,18-21,23-28,31,34H,7,10-12,14-17,33H2,1-6H3/t19-,20-,21-,23-,24+,25-,26-,27-,28-,31-/m0/s1. The summed E-state index contributed by atoms with van der Waals surface area (Å²) in [5.74, 6) is 0.0613. The van der Waals surface area contributed by atoms with Crippen LogP contribution in [0, 0.1) is 35.5 Å². The molecule has 8 nitrogen and oxygen atoms in total. The molecule has 226 valence electrons. The van der Waals surface area contributed by atoms with Gasteiger partial charge in [0.15, 0.2) is 0 Å². The molecule has 2 aliphatic carbocycles. The van der Waals surface area contributed by atoms with E-state index in [1.807, 2.05) is 27.7 Å². The van der Waals surface area contributed by atoms with Crippen LogP contribution in [-0.4, -0.2) is 53.5 Å². The predicted molar refractivity (Wildman–Crippen MR) is 153 cm³/mol. The molecule has 3 N–H and O–H groups in total. The predicted octanol–water partition coefficient (Wildman–Crippen LogP) is 4.87. The van der Waals surface area contributed by atoms with E-state index < -0.39 is 24.2 Å². The average Bonchev–Trinajstić information content (AvgIpc) is 2.86. The van der Waals surface area contributed by atoms with Crippen molar-refractivity contribution in [2.75, 3.05) is 0 Å². The van der Waals surface area contributed by atoms with Crippen molar-refractivity contribution >= 4 is 17.9 Å². The minimum absolute atomic E-state index is 0.0139. The molecule has 10 atom stereocenters. The third kappa shape index (κ3) is 8.90. The highest BCUT2D eigenvalue weighted by molar-refractivity contribution is 5.74. The SMILES string of the molecule is CC[C@H](C)C(=O)O[C@H]1C[C@@H](C)C=C2C=C[C@H](C)[C@H](CC[C@H]3C[C@@H](OC(=O)C[C@H](O)[C@@H](N)CC(C)C)CC(=O)O3)[C@H]21. The van der Waals surface area contributed by atoms with E-state index in [1.54, 1.807) is 0 Å². The van der Waals surface area contributed by atoms with Crippen molar-refractivity contribution in [3.05, 3.63) is 23.8 Å². The first-order valence-corrected chi connectivity index (χ1v) is 15.3. The van der Waals surface area contributed by atoms with Crippen molar-refractivity contribution in [2.24, 2.45) is 41.2 Å². The molecule has 0 aromatic carbocycles. The Balaban J connectivity index is 1.61. The summed E-state index contributed by atoms with van der Waals surface area (Å²) in [5, 5.41) is 10.3. The van der Waals surface area contributed by atoms with Gasteiger partial charge in [-0.1, -0.05) is 59.8 Å². The van der Waals surface area contributed by atoms with Crippen LogP contribution in [0.25, 0.3) is 0 Å². The number of rotatable bonds is 12. The first-order chi connectivity index (χ1) is 18.9. The number of cyclic esters (lactones) is 1. The van der Waals surface area contributed by atoms with Gasteiger partial charge in [-0.15, -0.1) is 0 Å². The fourth-order valence-electron chi connectivity index (χ4n) is 6.40. The number of nitrogens with two attached hydrogens (primary N) is 1. The van der Waals surface area contributed by atoms with E-state index in [1.165, 1.54) is 5.57 Å². The number of esters is 3. The highest BCUT2D eigenvalue weighted by Gasteiger charge is 2.42. The van der Waals surface area contributed by atoms with E-state index in [9.17, 15) is 19.5 Å². The van der Waals surface area contributed by atoms with Crippen molar-refractivity contribution in [2.45, 2.75) is 123 Å². The highest BCUT2D eigenvalue weighted by Crippen LogP contribution is 2.45. The lowest BCUT2D eigenvalue weighted by molar-refractivity contribution is -0.171. The number of hydrogen-bond acceptors (Lipinski definition) is 8. The highest BCUT2D eigenvalue weighted by atomic mass is 16.6. The van der Waals surface area contributed by atoms with Gasteiger partial charge in [0.1, 0.15) is 18.3 Å². The number of carbonyl (C=O) groups excluding carboxylic acids is 3. The normalized spacial score (nSPS) is 32.4. The number of aliphatic hydroxyl groups is 1. The van der Waals surface area contributed by atoms with Crippen molar-refractivity contribution < 1.29 is 33.7 Å². The molecule has 0 radical (unpaired) electrons. The van der Waals surface area contributed by atoms with Gasteiger partial charge in [0.05, 0.1) is 24.9 Å². The molecular weight excluding hydrogens is 510 g/mol. The Labute approximate surface area is 240 Å². The number of ether oxygens (including phenoxy) is 3. The van der Waals surface area contributed by atoms with Crippen LogP contribution in [0.5, 0.6) is 0 Å². The van der Waals surface area contributed by atoms with Gasteiger partial charge in [-0.2, -0.15) is 0 Å². The first-order valence-electron chi connectivity index (χ1n) is 15.3. The van der Waals surface area contributed by atoms with Crippen LogP contribution in [0.3, 0.4) is 0 Å². The summed E-state index contributed by atoms with van der Waals surface area (Å²) < 4.78 is 17.4. The third-order valence-electron chi connectivity index (χ3n) is 8.83.